The maximum absolute atomic E-state index is 5.57. The molecule has 5 heteroatoms. The molecule has 2 saturated carbocycles. The normalized spacial score (nSPS) is 21.6. The quantitative estimate of drug-likeness (QED) is 0.777. The molecule has 0 unspecified atom stereocenters. The number of rotatable bonds is 7. The van der Waals surface area contributed by atoms with Gasteiger partial charge in [0, 0.05) is 12.6 Å². The molecule has 0 aliphatic heterocycles. The number of nitrogens with zero attached hydrogens (tertiary/aromatic N) is 2. The molecule has 1 aromatic rings. The lowest BCUT2D eigenvalue weighted by Gasteiger charge is -2.41. The Kier molecular flexibility index (Phi) is 3.24. The minimum absolute atomic E-state index is 0.473. The molecule has 0 saturated heterocycles. The molecule has 100 valence electrons. The molecule has 3 rings (SSSR count). The second-order valence-corrected chi connectivity index (χ2v) is 5.72. The van der Waals surface area contributed by atoms with E-state index in [1.54, 1.807) is 0 Å². The van der Waals surface area contributed by atoms with Crippen molar-refractivity contribution >= 4 is 6.01 Å². The topological polar surface area (TPSA) is 63.0 Å². The maximum Gasteiger partial charge on any atom is 0.315 e. The molecular weight excluding hydrogens is 228 g/mol. The van der Waals surface area contributed by atoms with E-state index in [4.69, 9.17) is 4.42 Å². The van der Waals surface area contributed by atoms with Gasteiger partial charge >= 0.3 is 6.01 Å². The van der Waals surface area contributed by atoms with Gasteiger partial charge in [0.05, 0.1) is 6.54 Å². The van der Waals surface area contributed by atoms with Crippen molar-refractivity contribution < 1.29 is 4.42 Å². The molecule has 0 bridgehead atoms. The maximum atomic E-state index is 5.57. The Morgan fingerprint density at radius 3 is 2.78 bits per heavy atom. The van der Waals surface area contributed by atoms with E-state index < -0.39 is 0 Å². The predicted octanol–water partition coefficient (Wildman–Crippen LogP) is 2.31. The largest absolute Gasteiger partial charge is 0.407 e. The van der Waals surface area contributed by atoms with Gasteiger partial charge in [-0.05, 0) is 37.5 Å². The van der Waals surface area contributed by atoms with Crippen LogP contribution < -0.4 is 10.6 Å². The molecule has 18 heavy (non-hydrogen) atoms. The lowest BCUT2D eigenvalue weighted by molar-refractivity contribution is 0.144. The molecule has 0 spiro atoms. The van der Waals surface area contributed by atoms with E-state index in [-0.39, 0.29) is 0 Å². The van der Waals surface area contributed by atoms with Gasteiger partial charge in [0.2, 0.25) is 5.89 Å². The molecule has 2 N–H and O–H groups in total. The van der Waals surface area contributed by atoms with Gasteiger partial charge in [-0.1, -0.05) is 18.4 Å². The van der Waals surface area contributed by atoms with Crippen molar-refractivity contribution in [3.05, 3.63) is 5.89 Å². The van der Waals surface area contributed by atoms with Crippen LogP contribution >= 0.6 is 0 Å². The number of aromatic nitrogens is 2. The first-order valence-electron chi connectivity index (χ1n) is 7.09. The molecule has 1 heterocycles. The zero-order valence-electron chi connectivity index (χ0n) is 11.0. The van der Waals surface area contributed by atoms with Gasteiger partial charge in [-0.25, -0.2) is 0 Å². The van der Waals surface area contributed by atoms with E-state index in [1.807, 2.05) is 0 Å². The van der Waals surface area contributed by atoms with Crippen molar-refractivity contribution in [2.45, 2.75) is 58.0 Å². The standard InChI is InChI=1S/C13H22N4O/c1-2-13(6-3-7-13)9-15-12-17-16-11(18-12)8-14-10-4-5-10/h10,14H,2-9H2,1H3,(H,15,17). The molecule has 2 aliphatic carbocycles. The lowest BCUT2D eigenvalue weighted by Crippen LogP contribution is -2.35. The lowest BCUT2D eigenvalue weighted by atomic mass is 9.67. The smallest absolute Gasteiger partial charge is 0.315 e. The Morgan fingerprint density at radius 1 is 1.33 bits per heavy atom. The summed E-state index contributed by atoms with van der Waals surface area (Å²) < 4.78 is 5.57. The van der Waals surface area contributed by atoms with Crippen LogP contribution in [-0.4, -0.2) is 22.8 Å². The fraction of sp³-hybridized carbons (Fsp3) is 0.846. The number of nitrogens with one attached hydrogen (secondary N) is 2. The SMILES string of the molecule is CCC1(CNc2nnc(CNC3CC3)o2)CCC1. The van der Waals surface area contributed by atoms with Crippen LogP contribution in [0.1, 0.15) is 51.3 Å². The molecule has 2 aliphatic rings. The van der Waals surface area contributed by atoms with Gasteiger partial charge in [-0.15, -0.1) is 5.10 Å². The highest BCUT2D eigenvalue weighted by Crippen LogP contribution is 2.43. The fourth-order valence-corrected chi connectivity index (χ4v) is 2.51. The molecule has 0 radical (unpaired) electrons. The highest BCUT2D eigenvalue weighted by Gasteiger charge is 2.35. The van der Waals surface area contributed by atoms with Crippen molar-refractivity contribution in [2.75, 3.05) is 11.9 Å². The second kappa shape index (κ2) is 4.88. The summed E-state index contributed by atoms with van der Waals surface area (Å²) in [5.41, 5.74) is 0.473. The first-order valence-corrected chi connectivity index (χ1v) is 7.09. The zero-order chi connectivity index (χ0) is 12.4. The van der Waals surface area contributed by atoms with E-state index in [1.165, 1.54) is 38.5 Å². The van der Waals surface area contributed by atoms with E-state index in [2.05, 4.69) is 27.8 Å². The highest BCUT2D eigenvalue weighted by atomic mass is 16.4. The van der Waals surface area contributed by atoms with Crippen molar-refractivity contribution in [3.8, 4) is 0 Å². The monoisotopic (exact) mass is 250 g/mol. The number of hydrogen-bond donors (Lipinski definition) is 2. The first-order chi connectivity index (χ1) is 8.80. The van der Waals surface area contributed by atoms with E-state index >= 15 is 0 Å². The molecule has 5 nitrogen and oxygen atoms in total. The highest BCUT2D eigenvalue weighted by molar-refractivity contribution is 5.18. The van der Waals surface area contributed by atoms with Crippen LogP contribution in [0, 0.1) is 5.41 Å². The molecule has 0 amide bonds. The van der Waals surface area contributed by atoms with E-state index in [0.29, 0.717) is 29.9 Å². The first kappa shape index (κ1) is 12.0. The van der Waals surface area contributed by atoms with Gasteiger partial charge in [0.15, 0.2) is 0 Å². The summed E-state index contributed by atoms with van der Waals surface area (Å²) in [6.07, 6.45) is 7.78. The summed E-state index contributed by atoms with van der Waals surface area (Å²) in [4.78, 5) is 0. The Hall–Kier alpha value is -1.10. The molecular formula is C13H22N4O. The Bertz CT molecular complexity index is 390. The minimum Gasteiger partial charge on any atom is -0.407 e. The fourth-order valence-electron chi connectivity index (χ4n) is 2.51. The van der Waals surface area contributed by atoms with E-state index in [9.17, 15) is 0 Å². The third-order valence-corrected chi connectivity index (χ3v) is 4.36. The van der Waals surface area contributed by atoms with Crippen LogP contribution in [0.25, 0.3) is 0 Å². The average molecular weight is 250 g/mol. The van der Waals surface area contributed by atoms with Gasteiger partial charge < -0.3 is 15.1 Å². The molecule has 0 aromatic carbocycles. The van der Waals surface area contributed by atoms with Crippen LogP contribution in [0.2, 0.25) is 0 Å². The summed E-state index contributed by atoms with van der Waals surface area (Å²) in [5, 5.41) is 14.7. The van der Waals surface area contributed by atoms with E-state index in [0.717, 1.165) is 6.54 Å². The van der Waals surface area contributed by atoms with Gasteiger partial charge in [-0.2, -0.15) is 0 Å². The summed E-state index contributed by atoms with van der Waals surface area (Å²) >= 11 is 0. The minimum atomic E-state index is 0.473. The Balaban J connectivity index is 1.46. The summed E-state index contributed by atoms with van der Waals surface area (Å²) in [6, 6.07) is 1.24. The summed E-state index contributed by atoms with van der Waals surface area (Å²) in [6.45, 7) is 3.92. The average Bonchev–Trinajstić information content (AvgIpc) is 3.06. The summed E-state index contributed by atoms with van der Waals surface area (Å²) in [5.74, 6) is 0.684. The summed E-state index contributed by atoms with van der Waals surface area (Å²) in [7, 11) is 0. The van der Waals surface area contributed by atoms with Crippen LogP contribution in [0.15, 0.2) is 4.42 Å². The van der Waals surface area contributed by atoms with Crippen LogP contribution in [0.5, 0.6) is 0 Å². The van der Waals surface area contributed by atoms with Crippen LogP contribution in [-0.2, 0) is 6.54 Å². The third-order valence-electron chi connectivity index (χ3n) is 4.36. The Labute approximate surface area is 108 Å². The van der Waals surface area contributed by atoms with Crippen molar-refractivity contribution in [1.29, 1.82) is 0 Å². The predicted molar refractivity (Wildman–Crippen MR) is 69.2 cm³/mol. The number of hydrogen-bond acceptors (Lipinski definition) is 5. The molecule has 1 aromatic heterocycles. The molecule has 2 fully saturated rings. The van der Waals surface area contributed by atoms with Crippen molar-refractivity contribution in [2.24, 2.45) is 5.41 Å². The molecule has 0 atom stereocenters. The van der Waals surface area contributed by atoms with Crippen LogP contribution in [0.3, 0.4) is 0 Å². The van der Waals surface area contributed by atoms with Crippen molar-refractivity contribution in [1.82, 2.24) is 15.5 Å². The zero-order valence-corrected chi connectivity index (χ0v) is 11.0. The van der Waals surface area contributed by atoms with Crippen molar-refractivity contribution in [3.63, 3.8) is 0 Å². The van der Waals surface area contributed by atoms with Crippen LogP contribution in [0.4, 0.5) is 6.01 Å². The second-order valence-electron chi connectivity index (χ2n) is 5.72. The van der Waals surface area contributed by atoms with Gasteiger partial charge in [0.25, 0.3) is 0 Å². The Morgan fingerprint density at radius 2 is 2.17 bits per heavy atom. The third kappa shape index (κ3) is 2.66. The van der Waals surface area contributed by atoms with Gasteiger partial charge in [0.1, 0.15) is 0 Å². The van der Waals surface area contributed by atoms with Gasteiger partial charge in [-0.3, -0.25) is 0 Å². The number of anilines is 1.